The van der Waals surface area contributed by atoms with Gasteiger partial charge in [-0.15, -0.1) is 11.3 Å². The van der Waals surface area contributed by atoms with E-state index < -0.39 is 0 Å². The Labute approximate surface area is 144 Å². The summed E-state index contributed by atoms with van der Waals surface area (Å²) in [6.45, 7) is 2.98. The minimum Gasteiger partial charge on any atom is -0.496 e. The lowest BCUT2D eigenvalue weighted by atomic mass is 10.00. The molecule has 2 nitrogen and oxygen atoms in total. The zero-order valence-corrected chi connectivity index (χ0v) is 14.8. The van der Waals surface area contributed by atoms with Crippen LogP contribution in [0.1, 0.15) is 30.5 Å². The lowest BCUT2D eigenvalue weighted by molar-refractivity contribution is 0.404. The molecule has 0 aliphatic carbocycles. The summed E-state index contributed by atoms with van der Waals surface area (Å²) in [6, 6.07) is 7.43. The van der Waals surface area contributed by atoms with E-state index in [1.54, 1.807) is 13.2 Å². The number of halogens is 3. The number of rotatable bonds is 6. The first-order chi connectivity index (χ1) is 10.1. The van der Waals surface area contributed by atoms with Crippen molar-refractivity contribution in [2.45, 2.75) is 19.4 Å². The fourth-order valence-corrected chi connectivity index (χ4v) is 3.84. The van der Waals surface area contributed by atoms with E-state index in [0.29, 0.717) is 13.7 Å². The predicted molar refractivity (Wildman–Crippen MR) is 92.5 cm³/mol. The first-order valence-corrected chi connectivity index (χ1v) is 8.53. The molecule has 0 saturated heterocycles. The molecule has 6 heteroatoms. The van der Waals surface area contributed by atoms with Gasteiger partial charge in [0.2, 0.25) is 0 Å². The number of methoxy groups -OCH3 is 1. The Bertz CT molecular complexity index is 615. The highest BCUT2D eigenvalue weighted by molar-refractivity contribution is 7.20. The Hall–Kier alpha value is -0.450. The van der Waals surface area contributed by atoms with Crippen molar-refractivity contribution in [3.63, 3.8) is 0 Å². The van der Waals surface area contributed by atoms with E-state index in [-0.39, 0.29) is 6.04 Å². The van der Waals surface area contributed by atoms with Crippen LogP contribution in [0.3, 0.4) is 0 Å². The molecule has 0 bridgehead atoms. The van der Waals surface area contributed by atoms with Crippen LogP contribution in [0.2, 0.25) is 13.7 Å². The largest absolute Gasteiger partial charge is 0.496 e. The highest BCUT2D eigenvalue weighted by Gasteiger charge is 2.22. The van der Waals surface area contributed by atoms with Crippen LogP contribution in [0.5, 0.6) is 5.75 Å². The van der Waals surface area contributed by atoms with Gasteiger partial charge in [-0.2, -0.15) is 0 Å². The van der Waals surface area contributed by atoms with Crippen LogP contribution in [-0.2, 0) is 0 Å². The standard InChI is InChI=1S/C15H16Cl3NOS/c1-3-6-19-14(11-8-13(17)21-15(11)18)10-5-4-9(16)7-12(10)20-2/h4-5,7-8,14,19H,3,6H2,1-2H3. The van der Waals surface area contributed by atoms with Crippen molar-refractivity contribution in [3.8, 4) is 5.75 Å². The number of hydrogen-bond acceptors (Lipinski definition) is 3. The molecule has 0 fully saturated rings. The second-order valence-corrected chi connectivity index (χ2v) is 7.27. The van der Waals surface area contributed by atoms with Gasteiger partial charge in [-0.3, -0.25) is 0 Å². The van der Waals surface area contributed by atoms with Gasteiger partial charge in [0.15, 0.2) is 0 Å². The summed E-state index contributed by atoms with van der Waals surface area (Å²) in [5.74, 6) is 0.731. The molecule has 1 N–H and O–H groups in total. The second kappa shape index (κ2) is 7.70. The SMILES string of the molecule is CCCNC(c1ccc(Cl)cc1OC)c1cc(Cl)sc1Cl. The summed E-state index contributed by atoms with van der Waals surface area (Å²) in [4.78, 5) is 0. The van der Waals surface area contributed by atoms with E-state index in [1.165, 1.54) is 11.3 Å². The maximum atomic E-state index is 6.32. The fourth-order valence-electron chi connectivity index (χ4n) is 2.15. The quantitative estimate of drug-likeness (QED) is 0.698. The number of ether oxygens (including phenoxy) is 1. The monoisotopic (exact) mass is 363 g/mol. The normalized spacial score (nSPS) is 12.4. The molecule has 1 unspecified atom stereocenters. The summed E-state index contributed by atoms with van der Waals surface area (Å²) >= 11 is 19.8. The molecule has 21 heavy (non-hydrogen) atoms. The molecular formula is C15H16Cl3NOS. The third-order valence-corrected chi connectivity index (χ3v) is 4.85. The highest BCUT2D eigenvalue weighted by atomic mass is 35.5. The van der Waals surface area contributed by atoms with E-state index in [4.69, 9.17) is 39.5 Å². The minimum absolute atomic E-state index is 0.0755. The third-order valence-electron chi connectivity index (χ3n) is 3.10. The van der Waals surface area contributed by atoms with Gasteiger partial charge in [0.05, 0.1) is 21.8 Å². The highest BCUT2D eigenvalue weighted by Crippen LogP contribution is 2.40. The molecule has 114 valence electrons. The lowest BCUT2D eigenvalue weighted by Crippen LogP contribution is -2.23. The van der Waals surface area contributed by atoms with E-state index >= 15 is 0 Å². The van der Waals surface area contributed by atoms with Crippen LogP contribution in [-0.4, -0.2) is 13.7 Å². The molecular weight excluding hydrogens is 349 g/mol. The Balaban J connectivity index is 2.47. The van der Waals surface area contributed by atoms with Crippen molar-refractivity contribution >= 4 is 46.1 Å². The van der Waals surface area contributed by atoms with Crippen LogP contribution in [0.4, 0.5) is 0 Å². The molecule has 0 amide bonds. The Morgan fingerprint density at radius 1 is 1.19 bits per heavy atom. The van der Waals surface area contributed by atoms with E-state index in [9.17, 15) is 0 Å². The van der Waals surface area contributed by atoms with Gasteiger partial charge in [-0.25, -0.2) is 0 Å². The van der Waals surface area contributed by atoms with Gasteiger partial charge in [0.25, 0.3) is 0 Å². The van der Waals surface area contributed by atoms with Crippen molar-refractivity contribution in [2.24, 2.45) is 0 Å². The summed E-state index contributed by atoms with van der Waals surface area (Å²) in [7, 11) is 1.63. The van der Waals surface area contributed by atoms with E-state index in [0.717, 1.165) is 29.8 Å². The van der Waals surface area contributed by atoms with Crippen LogP contribution >= 0.6 is 46.1 Å². The number of nitrogens with one attached hydrogen (secondary N) is 1. The Kier molecular flexibility index (Phi) is 6.20. The topological polar surface area (TPSA) is 21.3 Å². The van der Waals surface area contributed by atoms with Gasteiger partial charge in [0, 0.05) is 16.1 Å². The molecule has 0 aliphatic rings. The minimum atomic E-state index is -0.0755. The molecule has 1 atom stereocenters. The number of thiophene rings is 1. The number of hydrogen-bond donors (Lipinski definition) is 1. The van der Waals surface area contributed by atoms with Crippen molar-refractivity contribution in [2.75, 3.05) is 13.7 Å². The molecule has 1 aromatic carbocycles. The second-order valence-electron chi connectivity index (χ2n) is 4.55. The third kappa shape index (κ3) is 4.05. The van der Waals surface area contributed by atoms with Gasteiger partial charge in [-0.05, 0) is 31.2 Å². The summed E-state index contributed by atoms with van der Waals surface area (Å²) < 4.78 is 6.82. The lowest BCUT2D eigenvalue weighted by Gasteiger charge is -2.21. The van der Waals surface area contributed by atoms with Gasteiger partial charge >= 0.3 is 0 Å². The van der Waals surface area contributed by atoms with Gasteiger partial charge in [0.1, 0.15) is 5.75 Å². The van der Waals surface area contributed by atoms with Gasteiger partial charge < -0.3 is 10.1 Å². The summed E-state index contributed by atoms with van der Waals surface area (Å²) in [6.07, 6.45) is 1.02. The number of benzene rings is 1. The summed E-state index contributed by atoms with van der Waals surface area (Å²) in [5, 5.41) is 4.13. The molecule has 2 aromatic rings. The molecule has 0 spiro atoms. The molecule has 1 aromatic heterocycles. The maximum Gasteiger partial charge on any atom is 0.125 e. The maximum absolute atomic E-state index is 6.32. The van der Waals surface area contributed by atoms with Crippen molar-refractivity contribution in [3.05, 3.63) is 49.1 Å². The zero-order valence-electron chi connectivity index (χ0n) is 11.8. The molecule has 0 aliphatic heterocycles. The van der Waals surface area contributed by atoms with Crippen molar-refractivity contribution in [1.82, 2.24) is 5.32 Å². The molecule has 0 saturated carbocycles. The van der Waals surface area contributed by atoms with Crippen LogP contribution in [0.25, 0.3) is 0 Å². The molecule has 0 radical (unpaired) electrons. The van der Waals surface area contributed by atoms with Crippen LogP contribution in [0, 0.1) is 0 Å². The van der Waals surface area contributed by atoms with Gasteiger partial charge in [-0.1, -0.05) is 47.8 Å². The fraction of sp³-hybridized carbons (Fsp3) is 0.333. The van der Waals surface area contributed by atoms with Crippen LogP contribution in [0.15, 0.2) is 24.3 Å². The predicted octanol–water partition coefficient (Wildman–Crippen LogP) is 5.81. The molecule has 1 heterocycles. The first-order valence-electron chi connectivity index (χ1n) is 6.58. The zero-order chi connectivity index (χ0) is 15.4. The van der Waals surface area contributed by atoms with E-state index in [2.05, 4.69) is 12.2 Å². The van der Waals surface area contributed by atoms with E-state index in [1.807, 2.05) is 18.2 Å². The summed E-state index contributed by atoms with van der Waals surface area (Å²) in [5.41, 5.74) is 1.95. The Morgan fingerprint density at radius 3 is 2.52 bits per heavy atom. The first kappa shape index (κ1) is 16.9. The Morgan fingerprint density at radius 2 is 1.95 bits per heavy atom. The smallest absolute Gasteiger partial charge is 0.125 e. The van der Waals surface area contributed by atoms with Crippen LogP contribution < -0.4 is 10.1 Å². The average molecular weight is 365 g/mol. The molecule has 2 rings (SSSR count). The average Bonchev–Trinajstić information content (AvgIpc) is 2.79. The van der Waals surface area contributed by atoms with Crippen molar-refractivity contribution in [1.29, 1.82) is 0 Å². The van der Waals surface area contributed by atoms with Crippen molar-refractivity contribution < 1.29 is 4.74 Å².